The molecule has 4 heterocycles. The van der Waals surface area contributed by atoms with E-state index in [0.717, 1.165) is 47.5 Å². The highest BCUT2D eigenvalue weighted by Gasteiger charge is 2.44. The molecule has 2 atom stereocenters. The number of furan rings is 1. The molecule has 5 rings (SSSR count). The molecule has 2 aliphatic heterocycles. The van der Waals surface area contributed by atoms with Crippen molar-refractivity contribution in [3.63, 3.8) is 0 Å². The van der Waals surface area contributed by atoms with Crippen LogP contribution in [0.4, 0.5) is 0 Å². The Labute approximate surface area is 145 Å². The van der Waals surface area contributed by atoms with Crippen LogP contribution in [0.3, 0.4) is 0 Å². The molecule has 3 aromatic rings. The average molecular weight is 336 g/mol. The maximum Gasteiger partial charge on any atom is 0.275 e. The molecule has 2 aromatic heterocycles. The monoisotopic (exact) mass is 336 g/mol. The van der Waals surface area contributed by atoms with Gasteiger partial charge in [0.2, 0.25) is 0 Å². The molecule has 6 nitrogen and oxygen atoms in total. The van der Waals surface area contributed by atoms with Crippen LogP contribution in [0.1, 0.15) is 22.7 Å². The predicted octanol–water partition coefficient (Wildman–Crippen LogP) is 2.66. The van der Waals surface area contributed by atoms with Crippen LogP contribution in [0, 0.1) is 6.92 Å². The number of likely N-dealkylation sites (tertiary alicyclic amines) is 2. The Morgan fingerprint density at radius 2 is 2.12 bits per heavy atom. The van der Waals surface area contributed by atoms with E-state index in [-0.39, 0.29) is 5.91 Å². The van der Waals surface area contributed by atoms with Crippen molar-refractivity contribution in [3.05, 3.63) is 41.8 Å². The van der Waals surface area contributed by atoms with Crippen molar-refractivity contribution in [2.45, 2.75) is 25.4 Å². The zero-order chi connectivity index (χ0) is 17.1. The van der Waals surface area contributed by atoms with E-state index in [9.17, 15) is 4.79 Å². The van der Waals surface area contributed by atoms with Crippen LogP contribution in [0.5, 0.6) is 0 Å². The molecular weight excluding hydrogens is 316 g/mol. The molecule has 1 amide bonds. The first-order valence-corrected chi connectivity index (χ1v) is 8.66. The highest BCUT2D eigenvalue weighted by Crippen LogP contribution is 2.32. The third kappa shape index (κ3) is 2.21. The van der Waals surface area contributed by atoms with Gasteiger partial charge in [-0.25, -0.2) is 0 Å². The minimum Gasteiger partial charge on any atom is -0.461 e. The molecule has 2 bridgehead atoms. The Bertz CT molecular complexity index is 971. The molecule has 6 heteroatoms. The molecule has 2 saturated heterocycles. The largest absolute Gasteiger partial charge is 0.461 e. The van der Waals surface area contributed by atoms with Crippen molar-refractivity contribution in [2.24, 2.45) is 0 Å². The van der Waals surface area contributed by atoms with Gasteiger partial charge in [0.05, 0.1) is 5.52 Å². The Morgan fingerprint density at radius 1 is 1.24 bits per heavy atom. The average Bonchev–Trinajstić information content (AvgIpc) is 3.35. The number of carbonyl (C=O) groups excluding carboxylic acids is 1. The van der Waals surface area contributed by atoms with Crippen molar-refractivity contribution in [2.75, 3.05) is 20.1 Å². The quantitative estimate of drug-likeness (QED) is 0.781. The van der Waals surface area contributed by atoms with E-state index in [1.165, 1.54) is 0 Å². The summed E-state index contributed by atoms with van der Waals surface area (Å²) in [5.41, 5.74) is 2.36. The summed E-state index contributed by atoms with van der Waals surface area (Å²) in [6, 6.07) is 10.6. The summed E-state index contributed by atoms with van der Waals surface area (Å²) < 4.78 is 5.68. The van der Waals surface area contributed by atoms with Gasteiger partial charge in [-0.2, -0.15) is 5.10 Å². The minimum absolute atomic E-state index is 0.0356. The lowest BCUT2D eigenvalue weighted by Gasteiger charge is -2.31. The molecule has 25 heavy (non-hydrogen) atoms. The van der Waals surface area contributed by atoms with Crippen molar-refractivity contribution in [1.29, 1.82) is 0 Å². The van der Waals surface area contributed by atoms with Gasteiger partial charge < -0.3 is 9.32 Å². The fourth-order valence-electron chi connectivity index (χ4n) is 4.18. The third-order valence-corrected chi connectivity index (χ3v) is 5.57. The minimum atomic E-state index is 0.0356. The number of aryl methyl sites for hydroxylation is 1. The summed E-state index contributed by atoms with van der Waals surface area (Å²) in [6.45, 7) is 3.69. The van der Waals surface area contributed by atoms with Gasteiger partial charge in [0.25, 0.3) is 5.91 Å². The summed E-state index contributed by atoms with van der Waals surface area (Å²) in [5.74, 6) is 1.74. The molecule has 0 saturated carbocycles. The Kier molecular flexibility index (Phi) is 3.06. The molecular formula is C19H20N4O2. The van der Waals surface area contributed by atoms with E-state index in [2.05, 4.69) is 22.1 Å². The normalized spacial score (nSPS) is 23.0. The van der Waals surface area contributed by atoms with E-state index in [1.807, 2.05) is 42.2 Å². The maximum absolute atomic E-state index is 13.0. The number of nitrogens with one attached hydrogen (secondary N) is 1. The maximum atomic E-state index is 13.0. The van der Waals surface area contributed by atoms with Crippen molar-refractivity contribution < 1.29 is 9.21 Å². The fraction of sp³-hybridized carbons (Fsp3) is 0.368. The summed E-state index contributed by atoms with van der Waals surface area (Å²) in [4.78, 5) is 17.3. The molecule has 1 N–H and O–H groups in total. The fourth-order valence-corrected chi connectivity index (χ4v) is 4.18. The molecule has 0 spiro atoms. The van der Waals surface area contributed by atoms with Gasteiger partial charge >= 0.3 is 0 Å². The van der Waals surface area contributed by atoms with E-state index in [4.69, 9.17) is 4.42 Å². The second-order valence-corrected chi connectivity index (χ2v) is 7.18. The lowest BCUT2D eigenvalue weighted by molar-refractivity contribution is 0.0646. The van der Waals surface area contributed by atoms with Gasteiger partial charge in [-0.1, -0.05) is 6.07 Å². The highest BCUT2D eigenvalue weighted by molar-refractivity contribution is 6.05. The van der Waals surface area contributed by atoms with E-state index in [0.29, 0.717) is 17.8 Å². The van der Waals surface area contributed by atoms with E-state index >= 15 is 0 Å². The zero-order valence-corrected chi connectivity index (χ0v) is 14.3. The van der Waals surface area contributed by atoms with Gasteiger partial charge in [0, 0.05) is 36.1 Å². The topological polar surface area (TPSA) is 65.4 Å². The molecule has 2 fully saturated rings. The number of nitrogens with zero attached hydrogens (tertiary/aromatic N) is 3. The van der Waals surface area contributed by atoms with Gasteiger partial charge in [-0.05, 0) is 44.7 Å². The number of amides is 1. The first-order chi connectivity index (χ1) is 12.1. The molecule has 2 unspecified atom stereocenters. The van der Waals surface area contributed by atoms with Crippen LogP contribution in [-0.4, -0.2) is 58.1 Å². The lowest BCUT2D eigenvalue weighted by atomic mass is 10.1. The molecule has 1 aromatic carbocycles. The van der Waals surface area contributed by atoms with Crippen LogP contribution in [-0.2, 0) is 0 Å². The Hall–Kier alpha value is -2.60. The van der Waals surface area contributed by atoms with Crippen LogP contribution in [0.15, 0.2) is 34.7 Å². The number of piperazine rings is 1. The number of hydrogen-bond donors (Lipinski definition) is 1. The van der Waals surface area contributed by atoms with Crippen LogP contribution < -0.4 is 0 Å². The molecule has 0 radical (unpaired) electrons. The number of aromatic amines is 1. The van der Waals surface area contributed by atoms with E-state index < -0.39 is 0 Å². The summed E-state index contributed by atoms with van der Waals surface area (Å²) in [6.07, 6.45) is 1.08. The molecule has 128 valence electrons. The highest BCUT2D eigenvalue weighted by atomic mass is 16.3. The van der Waals surface area contributed by atoms with Gasteiger partial charge in [-0.15, -0.1) is 0 Å². The second kappa shape index (κ2) is 5.20. The number of aromatic nitrogens is 2. The molecule has 2 aliphatic rings. The van der Waals surface area contributed by atoms with Crippen LogP contribution in [0.25, 0.3) is 22.2 Å². The second-order valence-electron chi connectivity index (χ2n) is 7.18. The van der Waals surface area contributed by atoms with Gasteiger partial charge in [0.15, 0.2) is 5.69 Å². The number of hydrogen-bond acceptors (Lipinski definition) is 4. The number of H-pyrrole nitrogens is 1. The predicted molar refractivity (Wildman–Crippen MR) is 94.4 cm³/mol. The smallest absolute Gasteiger partial charge is 0.275 e. The summed E-state index contributed by atoms with van der Waals surface area (Å²) >= 11 is 0. The lowest BCUT2D eigenvalue weighted by Crippen LogP contribution is -2.47. The number of rotatable bonds is 2. The number of carbonyl (C=O) groups is 1. The number of fused-ring (bicyclic) bond motifs is 3. The van der Waals surface area contributed by atoms with Crippen molar-refractivity contribution in [3.8, 4) is 11.3 Å². The van der Waals surface area contributed by atoms with Gasteiger partial charge in [0.1, 0.15) is 11.5 Å². The SMILES string of the molecule is Cc1ccc(-c2ccc3c(C(=O)N4CC5CC4CN5C)n[nH]c3c2)o1. The Balaban J connectivity index is 1.47. The molecule has 0 aliphatic carbocycles. The van der Waals surface area contributed by atoms with Crippen molar-refractivity contribution >= 4 is 16.8 Å². The number of likely N-dealkylation sites (N-methyl/N-ethyl adjacent to an activating group) is 1. The Morgan fingerprint density at radius 3 is 2.80 bits per heavy atom. The summed E-state index contributed by atoms with van der Waals surface area (Å²) in [5, 5.41) is 8.20. The standard InChI is InChI=1S/C19H20N4O2/c1-11-3-6-17(25-11)12-4-5-15-16(7-12)20-21-18(15)19(24)23-10-13-8-14(23)9-22(13)2/h3-7,13-14H,8-10H2,1-2H3,(H,20,21). The summed E-state index contributed by atoms with van der Waals surface area (Å²) in [7, 11) is 2.13. The third-order valence-electron chi connectivity index (χ3n) is 5.57. The first-order valence-electron chi connectivity index (χ1n) is 8.66. The zero-order valence-electron chi connectivity index (χ0n) is 14.3. The first kappa shape index (κ1) is 14.7. The van der Waals surface area contributed by atoms with Crippen LogP contribution in [0.2, 0.25) is 0 Å². The van der Waals surface area contributed by atoms with Crippen LogP contribution >= 0.6 is 0 Å². The number of benzene rings is 1. The van der Waals surface area contributed by atoms with Gasteiger partial charge in [-0.3, -0.25) is 14.8 Å². The van der Waals surface area contributed by atoms with Crippen molar-refractivity contribution in [1.82, 2.24) is 20.0 Å². The van der Waals surface area contributed by atoms with E-state index in [1.54, 1.807) is 0 Å².